The van der Waals surface area contributed by atoms with Crippen LogP contribution in [0.4, 0.5) is 5.95 Å². The number of anilines is 1. The fourth-order valence-electron chi connectivity index (χ4n) is 2.95. The molecule has 0 spiro atoms. The smallest absolute Gasteiger partial charge is 0.250 e. The Morgan fingerprint density at radius 3 is 2.76 bits per heavy atom. The Bertz CT molecular complexity index is 744. The molecule has 0 amide bonds. The lowest BCUT2D eigenvalue weighted by molar-refractivity contribution is 0.497. The highest BCUT2D eigenvalue weighted by molar-refractivity contribution is 5.43. The minimum atomic E-state index is 0.252. The average molecular weight is 280 g/mol. The lowest BCUT2D eigenvalue weighted by atomic mass is 10.1. The summed E-state index contributed by atoms with van der Waals surface area (Å²) >= 11 is 0. The zero-order chi connectivity index (χ0) is 14.2. The van der Waals surface area contributed by atoms with E-state index in [1.54, 1.807) is 4.68 Å². The number of hydrogen-bond acceptors (Lipinski definition) is 4. The summed E-state index contributed by atoms with van der Waals surface area (Å²) in [6.45, 7) is 4.04. The third-order valence-electron chi connectivity index (χ3n) is 4.05. The molecule has 0 N–H and O–H groups in total. The van der Waals surface area contributed by atoms with Crippen LogP contribution in [0.3, 0.4) is 0 Å². The van der Waals surface area contributed by atoms with Gasteiger partial charge in [0.1, 0.15) is 0 Å². The summed E-state index contributed by atoms with van der Waals surface area (Å²) in [5, 5.41) is 12.3. The predicted molar refractivity (Wildman–Crippen MR) is 79.3 cm³/mol. The minimum absolute atomic E-state index is 0.252. The van der Waals surface area contributed by atoms with Crippen LogP contribution < -0.4 is 4.90 Å². The van der Waals surface area contributed by atoms with E-state index in [1.165, 1.54) is 5.69 Å². The van der Waals surface area contributed by atoms with Crippen LogP contribution >= 0.6 is 0 Å². The Hall–Kier alpha value is -2.63. The van der Waals surface area contributed by atoms with Crippen molar-refractivity contribution in [1.82, 2.24) is 24.8 Å². The summed E-state index contributed by atoms with van der Waals surface area (Å²) in [6, 6.07) is 14.5. The van der Waals surface area contributed by atoms with E-state index < -0.39 is 0 Å². The van der Waals surface area contributed by atoms with Gasteiger partial charge in [0.2, 0.25) is 0 Å². The lowest BCUT2D eigenvalue weighted by Gasteiger charge is -2.34. The van der Waals surface area contributed by atoms with Gasteiger partial charge in [-0.15, -0.1) is 0 Å². The third-order valence-corrected chi connectivity index (χ3v) is 4.05. The van der Waals surface area contributed by atoms with Crippen LogP contribution in [0, 0.1) is 0 Å². The monoisotopic (exact) mass is 280 g/mol. The van der Waals surface area contributed by atoms with Gasteiger partial charge in [-0.3, -0.25) is 0 Å². The molecule has 3 aromatic rings. The van der Waals surface area contributed by atoms with E-state index in [1.807, 2.05) is 30.3 Å². The van der Waals surface area contributed by atoms with Gasteiger partial charge in [0.15, 0.2) is 0 Å². The van der Waals surface area contributed by atoms with E-state index in [9.17, 15) is 0 Å². The number of tetrazole rings is 1. The Balaban J connectivity index is 1.74. The SMILES string of the molecule is CC1c2cccn2CCN1c1nnnn1-c1ccccc1. The first-order valence-electron chi connectivity index (χ1n) is 7.10. The van der Waals surface area contributed by atoms with Crippen molar-refractivity contribution < 1.29 is 0 Å². The average Bonchev–Trinajstić information content (AvgIpc) is 3.17. The fraction of sp³-hybridized carbons (Fsp3) is 0.267. The molecule has 0 aliphatic carbocycles. The van der Waals surface area contributed by atoms with Gasteiger partial charge in [-0.1, -0.05) is 23.3 Å². The highest BCUT2D eigenvalue weighted by atomic mass is 15.6. The molecule has 0 bridgehead atoms. The Morgan fingerprint density at radius 1 is 1.05 bits per heavy atom. The van der Waals surface area contributed by atoms with Crippen molar-refractivity contribution in [2.45, 2.75) is 19.5 Å². The highest BCUT2D eigenvalue weighted by Gasteiger charge is 2.27. The maximum atomic E-state index is 4.24. The molecular formula is C15H16N6. The van der Waals surface area contributed by atoms with E-state index in [-0.39, 0.29) is 6.04 Å². The second-order valence-electron chi connectivity index (χ2n) is 5.22. The summed E-state index contributed by atoms with van der Waals surface area (Å²) in [5.41, 5.74) is 2.27. The van der Waals surface area contributed by atoms with Crippen molar-refractivity contribution >= 4 is 5.95 Å². The summed E-state index contributed by atoms with van der Waals surface area (Å²) in [5.74, 6) is 0.793. The largest absolute Gasteiger partial charge is 0.348 e. The molecule has 0 saturated heterocycles. The molecule has 1 aliphatic heterocycles. The number of aromatic nitrogens is 5. The van der Waals surface area contributed by atoms with Crippen molar-refractivity contribution in [3.05, 3.63) is 54.4 Å². The van der Waals surface area contributed by atoms with Gasteiger partial charge in [0.05, 0.1) is 11.7 Å². The Kier molecular flexibility index (Phi) is 2.73. The molecular weight excluding hydrogens is 264 g/mol. The zero-order valence-electron chi connectivity index (χ0n) is 11.8. The molecule has 2 aromatic heterocycles. The van der Waals surface area contributed by atoms with Crippen LogP contribution in [0.25, 0.3) is 5.69 Å². The summed E-state index contributed by atoms with van der Waals surface area (Å²) < 4.78 is 4.09. The van der Waals surface area contributed by atoms with Crippen LogP contribution in [0.2, 0.25) is 0 Å². The fourth-order valence-corrected chi connectivity index (χ4v) is 2.95. The van der Waals surface area contributed by atoms with Crippen molar-refractivity contribution in [2.24, 2.45) is 0 Å². The number of hydrogen-bond donors (Lipinski definition) is 0. The van der Waals surface area contributed by atoms with Gasteiger partial charge in [-0.05, 0) is 41.6 Å². The van der Waals surface area contributed by atoms with E-state index in [2.05, 4.69) is 50.2 Å². The second kappa shape index (κ2) is 4.73. The minimum Gasteiger partial charge on any atom is -0.348 e. The van der Waals surface area contributed by atoms with Gasteiger partial charge in [-0.2, -0.15) is 4.68 Å². The number of fused-ring (bicyclic) bond motifs is 1. The molecule has 1 aliphatic rings. The molecule has 0 fully saturated rings. The molecule has 6 heteroatoms. The number of nitrogens with zero attached hydrogens (tertiary/aromatic N) is 6. The van der Waals surface area contributed by atoms with Crippen molar-refractivity contribution in [3.63, 3.8) is 0 Å². The molecule has 4 rings (SSSR count). The van der Waals surface area contributed by atoms with Crippen LogP contribution in [-0.2, 0) is 6.54 Å². The van der Waals surface area contributed by atoms with E-state index in [0.29, 0.717) is 0 Å². The molecule has 0 radical (unpaired) electrons. The maximum Gasteiger partial charge on any atom is 0.250 e. The Morgan fingerprint density at radius 2 is 1.90 bits per heavy atom. The molecule has 0 saturated carbocycles. The van der Waals surface area contributed by atoms with Crippen LogP contribution in [0.15, 0.2) is 48.7 Å². The van der Waals surface area contributed by atoms with E-state index in [0.717, 1.165) is 24.7 Å². The van der Waals surface area contributed by atoms with E-state index >= 15 is 0 Å². The van der Waals surface area contributed by atoms with Crippen molar-refractivity contribution in [2.75, 3.05) is 11.4 Å². The van der Waals surface area contributed by atoms with Gasteiger partial charge in [0, 0.05) is 25.0 Å². The summed E-state index contributed by atoms with van der Waals surface area (Å²) in [6.07, 6.45) is 2.13. The summed E-state index contributed by atoms with van der Waals surface area (Å²) in [7, 11) is 0. The molecule has 21 heavy (non-hydrogen) atoms. The first-order chi connectivity index (χ1) is 10.3. The summed E-state index contributed by atoms with van der Waals surface area (Å²) in [4.78, 5) is 2.25. The topological polar surface area (TPSA) is 51.8 Å². The van der Waals surface area contributed by atoms with Crippen molar-refractivity contribution in [1.29, 1.82) is 0 Å². The standard InChI is InChI=1S/C15H16N6/c1-12-14-8-5-9-19(14)10-11-20(12)15-16-17-18-21(15)13-6-3-2-4-7-13/h2-9,12H,10-11H2,1H3. The van der Waals surface area contributed by atoms with Crippen molar-refractivity contribution in [3.8, 4) is 5.69 Å². The zero-order valence-corrected chi connectivity index (χ0v) is 11.8. The number of para-hydroxylation sites is 1. The Labute approximate surface area is 122 Å². The molecule has 6 nitrogen and oxygen atoms in total. The molecule has 1 unspecified atom stereocenters. The van der Waals surface area contributed by atoms with Crippen LogP contribution in [0.5, 0.6) is 0 Å². The van der Waals surface area contributed by atoms with Gasteiger partial charge in [0.25, 0.3) is 5.95 Å². The lowest BCUT2D eigenvalue weighted by Crippen LogP contribution is -2.38. The molecule has 106 valence electrons. The highest BCUT2D eigenvalue weighted by Crippen LogP contribution is 2.29. The molecule has 1 aromatic carbocycles. The third kappa shape index (κ3) is 1.91. The van der Waals surface area contributed by atoms with Crippen LogP contribution in [-0.4, -0.2) is 31.3 Å². The van der Waals surface area contributed by atoms with E-state index in [4.69, 9.17) is 0 Å². The molecule has 3 heterocycles. The number of benzene rings is 1. The van der Waals surface area contributed by atoms with Gasteiger partial charge in [-0.25, -0.2) is 0 Å². The first kappa shape index (κ1) is 12.1. The normalized spacial score (nSPS) is 17.8. The predicted octanol–water partition coefficient (Wildman–Crippen LogP) is 2.04. The van der Waals surface area contributed by atoms with Gasteiger partial charge >= 0.3 is 0 Å². The quantitative estimate of drug-likeness (QED) is 0.721. The second-order valence-corrected chi connectivity index (χ2v) is 5.22. The van der Waals surface area contributed by atoms with Crippen LogP contribution in [0.1, 0.15) is 18.7 Å². The number of rotatable bonds is 2. The first-order valence-corrected chi connectivity index (χ1v) is 7.10. The maximum absolute atomic E-state index is 4.24. The molecule has 1 atom stereocenters. The van der Waals surface area contributed by atoms with Gasteiger partial charge < -0.3 is 9.47 Å².